The zero-order valence-electron chi connectivity index (χ0n) is 17.7. The number of halogens is 1. The first-order valence-electron chi connectivity index (χ1n) is 9.84. The molecule has 1 fully saturated rings. The summed E-state index contributed by atoms with van der Waals surface area (Å²) in [5, 5.41) is 2.67. The van der Waals surface area contributed by atoms with Crippen LogP contribution in [0.1, 0.15) is 30.5 Å². The third-order valence-electron chi connectivity index (χ3n) is 4.66. The number of hydrogen-bond acceptors (Lipinski definition) is 5. The second-order valence-corrected chi connectivity index (χ2v) is 8.18. The number of benzene rings is 2. The Balaban J connectivity index is 2.07. The summed E-state index contributed by atoms with van der Waals surface area (Å²) in [4.78, 5) is 27.3. The molecule has 1 aliphatic rings. The Morgan fingerprint density at radius 3 is 2.32 bits per heavy atom. The van der Waals surface area contributed by atoms with Crippen molar-refractivity contribution in [3.05, 3.63) is 57.1 Å². The van der Waals surface area contributed by atoms with Crippen LogP contribution in [0.5, 0.6) is 11.5 Å². The molecule has 0 aliphatic carbocycles. The van der Waals surface area contributed by atoms with Gasteiger partial charge in [0.1, 0.15) is 5.57 Å². The van der Waals surface area contributed by atoms with Gasteiger partial charge in [-0.15, -0.1) is 0 Å². The molecular formula is C23H23BrN2O4S. The van der Waals surface area contributed by atoms with Gasteiger partial charge in [-0.2, -0.15) is 0 Å². The van der Waals surface area contributed by atoms with Crippen molar-refractivity contribution < 1.29 is 19.1 Å². The van der Waals surface area contributed by atoms with Gasteiger partial charge in [0.2, 0.25) is 0 Å². The largest absolute Gasteiger partial charge is 0.490 e. The molecule has 1 N–H and O–H groups in total. The normalized spacial score (nSPS) is 15.3. The Bertz CT molecular complexity index is 1100. The summed E-state index contributed by atoms with van der Waals surface area (Å²) in [5.41, 5.74) is 3.16. The highest BCUT2D eigenvalue weighted by Gasteiger charge is 2.35. The maximum atomic E-state index is 13.3. The van der Waals surface area contributed by atoms with Crippen LogP contribution in [0, 0.1) is 13.8 Å². The van der Waals surface area contributed by atoms with E-state index in [4.69, 9.17) is 21.7 Å². The van der Waals surface area contributed by atoms with E-state index in [0.717, 1.165) is 11.1 Å². The molecule has 162 valence electrons. The Kier molecular flexibility index (Phi) is 7.12. The van der Waals surface area contributed by atoms with Crippen LogP contribution in [0.4, 0.5) is 5.69 Å². The van der Waals surface area contributed by atoms with Crippen LogP contribution >= 0.6 is 28.1 Å². The second kappa shape index (κ2) is 9.62. The Labute approximate surface area is 195 Å². The van der Waals surface area contributed by atoms with Gasteiger partial charge in [-0.05, 0) is 75.3 Å². The van der Waals surface area contributed by atoms with Crippen LogP contribution < -0.4 is 19.7 Å². The number of anilines is 1. The van der Waals surface area contributed by atoms with E-state index in [1.165, 1.54) is 11.0 Å². The molecule has 0 saturated carbocycles. The second-order valence-electron chi connectivity index (χ2n) is 6.93. The molecule has 31 heavy (non-hydrogen) atoms. The maximum absolute atomic E-state index is 13.3. The first-order chi connectivity index (χ1) is 14.8. The van der Waals surface area contributed by atoms with Gasteiger partial charge in [0, 0.05) is 4.47 Å². The van der Waals surface area contributed by atoms with Crippen molar-refractivity contribution in [2.45, 2.75) is 27.7 Å². The number of thiocarbonyl (C=S) groups is 1. The first kappa shape index (κ1) is 23.0. The number of rotatable bonds is 6. The molecule has 0 unspecified atom stereocenters. The standard InChI is InChI=1S/C23H23BrN2O4S/c1-5-29-19-11-15(17(24)12-20(19)30-6-2)10-16-21(27)25-23(31)26(22(16)28)18-8-7-13(3)9-14(18)4/h7-12H,5-6H2,1-4H3,(H,25,27,31)/b16-10+. The van der Waals surface area contributed by atoms with Crippen molar-refractivity contribution in [2.24, 2.45) is 0 Å². The summed E-state index contributed by atoms with van der Waals surface area (Å²) in [6, 6.07) is 9.18. The van der Waals surface area contributed by atoms with Crippen molar-refractivity contribution in [2.75, 3.05) is 18.1 Å². The molecule has 2 aromatic carbocycles. The van der Waals surface area contributed by atoms with Crippen molar-refractivity contribution in [1.29, 1.82) is 0 Å². The average molecular weight is 503 g/mol. The van der Waals surface area contributed by atoms with E-state index in [1.54, 1.807) is 12.1 Å². The zero-order valence-corrected chi connectivity index (χ0v) is 20.1. The fourth-order valence-electron chi connectivity index (χ4n) is 3.29. The number of ether oxygens (including phenoxy) is 2. The predicted octanol–water partition coefficient (Wildman–Crippen LogP) is 4.69. The molecule has 6 nitrogen and oxygen atoms in total. The fourth-order valence-corrected chi connectivity index (χ4v) is 4.00. The number of aryl methyl sites for hydroxylation is 2. The molecule has 3 rings (SSSR count). The van der Waals surface area contributed by atoms with Gasteiger partial charge in [0.05, 0.1) is 18.9 Å². The molecule has 1 heterocycles. The Morgan fingerprint density at radius 1 is 1.06 bits per heavy atom. The quantitative estimate of drug-likeness (QED) is 0.352. The number of hydrogen-bond donors (Lipinski definition) is 1. The van der Waals surface area contributed by atoms with Crippen LogP contribution in [-0.4, -0.2) is 30.1 Å². The Hall–Kier alpha value is -2.71. The highest BCUT2D eigenvalue weighted by molar-refractivity contribution is 9.10. The van der Waals surface area contributed by atoms with Crippen molar-refractivity contribution in [1.82, 2.24) is 5.32 Å². The zero-order chi connectivity index (χ0) is 22.7. The lowest BCUT2D eigenvalue weighted by molar-refractivity contribution is -0.122. The average Bonchev–Trinajstić information content (AvgIpc) is 2.70. The predicted molar refractivity (Wildman–Crippen MR) is 129 cm³/mol. The van der Waals surface area contributed by atoms with E-state index in [-0.39, 0.29) is 10.7 Å². The highest BCUT2D eigenvalue weighted by atomic mass is 79.9. The summed E-state index contributed by atoms with van der Waals surface area (Å²) in [7, 11) is 0. The number of amides is 2. The minimum Gasteiger partial charge on any atom is -0.490 e. The SMILES string of the molecule is CCOc1cc(Br)c(/C=C2\C(=O)NC(=S)N(c3ccc(C)cc3C)C2=O)cc1OCC. The molecule has 0 aromatic heterocycles. The van der Waals surface area contributed by atoms with Gasteiger partial charge >= 0.3 is 0 Å². The van der Waals surface area contributed by atoms with Crippen molar-refractivity contribution in [3.63, 3.8) is 0 Å². The molecular weight excluding hydrogens is 480 g/mol. The van der Waals surface area contributed by atoms with Crippen molar-refractivity contribution >= 4 is 56.8 Å². The molecule has 2 aromatic rings. The summed E-state index contributed by atoms with van der Waals surface area (Å²) in [5.74, 6) is 0.0786. The molecule has 0 spiro atoms. The van der Waals surface area contributed by atoms with Gasteiger partial charge in [-0.25, -0.2) is 0 Å². The van der Waals surface area contributed by atoms with Crippen LogP contribution in [0.2, 0.25) is 0 Å². The van der Waals surface area contributed by atoms with E-state index >= 15 is 0 Å². The van der Waals surface area contributed by atoms with E-state index in [2.05, 4.69) is 21.2 Å². The third-order valence-corrected chi connectivity index (χ3v) is 5.63. The monoisotopic (exact) mass is 502 g/mol. The summed E-state index contributed by atoms with van der Waals surface area (Å²) < 4.78 is 12.0. The van der Waals surface area contributed by atoms with E-state index in [0.29, 0.717) is 40.4 Å². The molecule has 0 bridgehead atoms. The lowest BCUT2D eigenvalue weighted by atomic mass is 10.0. The van der Waals surface area contributed by atoms with Crippen molar-refractivity contribution in [3.8, 4) is 11.5 Å². The number of carbonyl (C=O) groups excluding carboxylic acids is 2. The first-order valence-corrected chi connectivity index (χ1v) is 11.0. The van der Waals surface area contributed by atoms with Crippen LogP contribution in [0.15, 0.2) is 40.4 Å². The number of carbonyl (C=O) groups is 2. The van der Waals surface area contributed by atoms with Gasteiger partial charge in [0.15, 0.2) is 16.6 Å². The molecule has 1 saturated heterocycles. The van der Waals surface area contributed by atoms with Crippen LogP contribution in [0.3, 0.4) is 0 Å². The number of nitrogens with one attached hydrogen (secondary N) is 1. The molecule has 8 heteroatoms. The molecule has 1 aliphatic heterocycles. The van der Waals surface area contributed by atoms with E-state index in [9.17, 15) is 9.59 Å². The summed E-state index contributed by atoms with van der Waals surface area (Å²) in [6.07, 6.45) is 1.53. The van der Waals surface area contributed by atoms with Gasteiger partial charge < -0.3 is 9.47 Å². The topological polar surface area (TPSA) is 67.9 Å². The fraction of sp³-hybridized carbons (Fsp3) is 0.261. The smallest absolute Gasteiger partial charge is 0.270 e. The lowest BCUT2D eigenvalue weighted by Gasteiger charge is -2.30. The van der Waals surface area contributed by atoms with Crippen LogP contribution in [0.25, 0.3) is 6.08 Å². The summed E-state index contributed by atoms with van der Waals surface area (Å²) in [6.45, 7) is 8.56. The number of nitrogens with zero attached hydrogens (tertiary/aromatic N) is 1. The maximum Gasteiger partial charge on any atom is 0.270 e. The summed E-state index contributed by atoms with van der Waals surface area (Å²) >= 11 is 8.80. The minimum atomic E-state index is -0.547. The van der Waals surface area contributed by atoms with E-state index in [1.807, 2.05) is 45.9 Å². The van der Waals surface area contributed by atoms with Gasteiger partial charge in [-0.3, -0.25) is 19.8 Å². The van der Waals surface area contributed by atoms with Gasteiger partial charge in [0.25, 0.3) is 11.8 Å². The Morgan fingerprint density at radius 2 is 1.71 bits per heavy atom. The van der Waals surface area contributed by atoms with E-state index < -0.39 is 11.8 Å². The molecule has 0 radical (unpaired) electrons. The molecule has 0 atom stereocenters. The van der Waals surface area contributed by atoms with Gasteiger partial charge in [-0.1, -0.05) is 33.6 Å². The third kappa shape index (κ3) is 4.80. The lowest BCUT2D eigenvalue weighted by Crippen LogP contribution is -2.54. The van der Waals surface area contributed by atoms with Crippen LogP contribution in [-0.2, 0) is 9.59 Å². The molecule has 2 amide bonds. The minimum absolute atomic E-state index is 0.0270. The highest BCUT2D eigenvalue weighted by Crippen LogP contribution is 2.35.